The Morgan fingerprint density at radius 1 is 1.38 bits per heavy atom. The van der Waals surface area contributed by atoms with Crippen LogP contribution in [0.15, 0.2) is 18.2 Å². The highest BCUT2D eigenvalue weighted by Gasteiger charge is 2.21. The van der Waals surface area contributed by atoms with Crippen molar-refractivity contribution in [1.29, 1.82) is 0 Å². The van der Waals surface area contributed by atoms with E-state index in [9.17, 15) is 4.79 Å². The number of nitrogens with zero attached hydrogens (tertiary/aromatic N) is 2. The number of amides is 1. The van der Waals surface area contributed by atoms with Gasteiger partial charge in [-0.15, -0.1) is 0 Å². The minimum atomic E-state index is 0.0516. The maximum atomic E-state index is 12.2. The van der Waals surface area contributed by atoms with Crippen molar-refractivity contribution >= 4 is 5.91 Å². The van der Waals surface area contributed by atoms with Crippen molar-refractivity contribution in [1.82, 2.24) is 15.1 Å². The molecule has 2 aromatic rings. The third-order valence-electron chi connectivity index (χ3n) is 5.14. The van der Waals surface area contributed by atoms with Gasteiger partial charge in [0.15, 0.2) is 0 Å². The molecule has 0 saturated carbocycles. The quantitative estimate of drug-likeness (QED) is 0.863. The molecule has 1 aromatic heterocycles. The zero-order valence-corrected chi connectivity index (χ0v) is 16.0. The van der Waals surface area contributed by atoms with E-state index in [-0.39, 0.29) is 11.8 Å². The van der Waals surface area contributed by atoms with Crippen molar-refractivity contribution in [2.75, 3.05) is 20.3 Å². The van der Waals surface area contributed by atoms with E-state index < -0.39 is 0 Å². The molecular formula is C20H27N3O3. The summed E-state index contributed by atoms with van der Waals surface area (Å²) in [5.41, 5.74) is 4.51. The number of carbonyl (C=O) groups is 1. The Balaban J connectivity index is 1.47. The zero-order chi connectivity index (χ0) is 18.7. The molecule has 1 aliphatic rings. The normalized spacial score (nSPS) is 15.9. The Kier molecular flexibility index (Phi) is 5.49. The molecule has 1 atom stereocenters. The largest absolute Gasteiger partial charge is 0.497 e. The van der Waals surface area contributed by atoms with Gasteiger partial charge in [-0.1, -0.05) is 6.07 Å². The van der Waals surface area contributed by atoms with Gasteiger partial charge in [0.1, 0.15) is 11.5 Å². The van der Waals surface area contributed by atoms with Crippen LogP contribution in [-0.2, 0) is 17.8 Å². The van der Waals surface area contributed by atoms with Crippen LogP contribution in [0.1, 0.15) is 28.9 Å². The topological polar surface area (TPSA) is 65.4 Å². The Labute approximate surface area is 154 Å². The highest BCUT2D eigenvalue weighted by molar-refractivity contribution is 5.75. The van der Waals surface area contributed by atoms with Crippen LogP contribution in [0.5, 0.6) is 11.5 Å². The first-order valence-electron chi connectivity index (χ1n) is 9.05. The van der Waals surface area contributed by atoms with Crippen LogP contribution in [0.2, 0.25) is 0 Å². The van der Waals surface area contributed by atoms with Crippen LogP contribution in [0.4, 0.5) is 0 Å². The number of carbonyl (C=O) groups excluding carboxylic acids is 1. The molecule has 2 heterocycles. The van der Waals surface area contributed by atoms with Crippen LogP contribution < -0.4 is 14.8 Å². The second-order valence-electron chi connectivity index (χ2n) is 6.93. The van der Waals surface area contributed by atoms with Crippen molar-refractivity contribution in [3.63, 3.8) is 0 Å². The van der Waals surface area contributed by atoms with Crippen LogP contribution in [0.25, 0.3) is 0 Å². The van der Waals surface area contributed by atoms with E-state index in [0.29, 0.717) is 26.1 Å². The summed E-state index contributed by atoms with van der Waals surface area (Å²) in [5.74, 6) is 2.02. The molecule has 1 aromatic carbocycles. The van der Waals surface area contributed by atoms with Gasteiger partial charge in [-0.25, -0.2) is 0 Å². The molecule has 0 fully saturated rings. The smallest absolute Gasteiger partial charge is 0.221 e. The third-order valence-corrected chi connectivity index (χ3v) is 5.14. The molecule has 0 bridgehead atoms. The molecule has 0 saturated heterocycles. The van der Waals surface area contributed by atoms with Gasteiger partial charge in [-0.3, -0.25) is 9.48 Å². The summed E-state index contributed by atoms with van der Waals surface area (Å²) < 4.78 is 13.0. The first kappa shape index (κ1) is 18.3. The predicted molar refractivity (Wildman–Crippen MR) is 99.7 cm³/mol. The van der Waals surface area contributed by atoms with Crippen LogP contribution in [0.3, 0.4) is 0 Å². The second kappa shape index (κ2) is 7.81. The predicted octanol–water partition coefficient (Wildman–Crippen LogP) is 2.57. The molecule has 6 nitrogen and oxygen atoms in total. The molecule has 1 amide bonds. The van der Waals surface area contributed by atoms with E-state index in [2.05, 4.69) is 17.3 Å². The first-order valence-corrected chi connectivity index (χ1v) is 9.05. The van der Waals surface area contributed by atoms with E-state index in [0.717, 1.165) is 34.9 Å². The Bertz CT molecular complexity index is 798. The maximum absolute atomic E-state index is 12.2. The molecule has 0 aliphatic carbocycles. The van der Waals surface area contributed by atoms with Gasteiger partial charge in [-0.2, -0.15) is 5.10 Å². The number of methoxy groups -OCH3 is 1. The number of hydrogen-bond acceptors (Lipinski definition) is 4. The highest BCUT2D eigenvalue weighted by atomic mass is 16.5. The van der Waals surface area contributed by atoms with Crippen LogP contribution in [-0.4, -0.2) is 35.9 Å². The molecule has 26 heavy (non-hydrogen) atoms. The van der Waals surface area contributed by atoms with Crippen LogP contribution in [0, 0.1) is 26.7 Å². The average molecular weight is 357 g/mol. The summed E-state index contributed by atoms with van der Waals surface area (Å²) in [5, 5.41) is 7.51. The minimum Gasteiger partial charge on any atom is -0.497 e. The number of rotatable bonds is 6. The zero-order valence-electron chi connectivity index (χ0n) is 16.0. The standard InChI is InChI=1S/C20H27N3O3/c1-13-14(2)22-23(15(13)3)8-7-20(24)21-11-16-9-17-5-6-18(25-4)10-19(17)26-12-16/h5-6,10,16H,7-9,11-12H2,1-4H3,(H,21,24)/t16-/m0/s1. The number of aryl methyl sites for hydroxylation is 2. The lowest BCUT2D eigenvalue weighted by Gasteiger charge is -2.25. The van der Waals surface area contributed by atoms with E-state index in [1.54, 1.807) is 7.11 Å². The van der Waals surface area contributed by atoms with E-state index in [4.69, 9.17) is 9.47 Å². The van der Waals surface area contributed by atoms with Crippen molar-refractivity contribution in [2.45, 2.75) is 40.2 Å². The maximum Gasteiger partial charge on any atom is 0.221 e. The van der Waals surface area contributed by atoms with E-state index in [1.165, 1.54) is 5.56 Å². The first-order chi connectivity index (χ1) is 12.5. The van der Waals surface area contributed by atoms with Gasteiger partial charge >= 0.3 is 0 Å². The number of benzene rings is 1. The summed E-state index contributed by atoms with van der Waals surface area (Å²) in [6.45, 7) is 7.94. The van der Waals surface area contributed by atoms with E-state index >= 15 is 0 Å². The Morgan fingerprint density at radius 3 is 2.88 bits per heavy atom. The molecule has 6 heteroatoms. The van der Waals surface area contributed by atoms with Gasteiger partial charge in [-0.05, 0) is 44.4 Å². The van der Waals surface area contributed by atoms with E-state index in [1.807, 2.05) is 36.7 Å². The summed E-state index contributed by atoms with van der Waals surface area (Å²) in [6.07, 6.45) is 1.33. The molecule has 0 spiro atoms. The van der Waals surface area contributed by atoms with Crippen molar-refractivity contribution < 1.29 is 14.3 Å². The second-order valence-corrected chi connectivity index (χ2v) is 6.93. The van der Waals surface area contributed by atoms with Gasteiger partial charge < -0.3 is 14.8 Å². The third kappa shape index (κ3) is 4.00. The number of ether oxygens (including phenoxy) is 2. The highest BCUT2D eigenvalue weighted by Crippen LogP contribution is 2.30. The molecule has 0 radical (unpaired) electrons. The fraction of sp³-hybridized carbons (Fsp3) is 0.500. The molecule has 0 unspecified atom stereocenters. The summed E-state index contributed by atoms with van der Waals surface area (Å²) in [6, 6.07) is 5.90. The summed E-state index contributed by atoms with van der Waals surface area (Å²) in [7, 11) is 1.65. The van der Waals surface area contributed by atoms with Gasteiger partial charge in [0, 0.05) is 37.2 Å². The van der Waals surface area contributed by atoms with Gasteiger partial charge in [0.2, 0.25) is 5.91 Å². The lowest BCUT2D eigenvalue weighted by molar-refractivity contribution is -0.121. The number of hydrogen-bond donors (Lipinski definition) is 1. The SMILES string of the molecule is COc1ccc2c(c1)OC[C@H](CNC(=O)CCn1nc(C)c(C)c1C)C2. The molecule has 1 aliphatic heterocycles. The fourth-order valence-corrected chi connectivity index (χ4v) is 3.23. The lowest BCUT2D eigenvalue weighted by Crippen LogP contribution is -2.35. The minimum absolute atomic E-state index is 0.0516. The Hall–Kier alpha value is -2.50. The molecule has 1 N–H and O–H groups in total. The average Bonchev–Trinajstić information content (AvgIpc) is 2.90. The molecular weight excluding hydrogens is 330 g/mol. The lowest BCUT2D eigenvalue weighted by atomic mass is 9.96. The summed E-state index contributed by atoms with van der Waals surface area (Å²) >= 11 is 0. The number of fused-ring (bicyclic) bond motifs is 1. The monoisotopic (exact) mass is 357 g/mol. The van der Waals surface area contributed by atoms with Gasteiger partial charge in [0.05, 0.1) is 19.4 Å². The number of nitrogens with one attached hydrogen (secondary N) is 1. The fourth-order valence-electron chi connectivity index (χ4n) is 3.23. The van der Waals surface area contributed by atoms with Crippen LogP contribution >= 0.6 is 0 Å². The van der Waals surface area contributed by atoms with Crippen molar-refractivity contribution in [2.24, 2.45) is 5.92 Å². The van der Waals surface area contributed by atoms with Crippen molar-refractivity contribution in [3.05, 3.63) is 40.7 Å². The molecule has 3 rings (SSSR count). The summed E-state index contributed by atoms with van der Waals surface area (Å²) in [4.78, 5) is 12.2. The van der Waals surface area contributed by atoms with Gasteiger partial charge in [0.25, 0.3) is 0 Å². The molecule has 140 valence electrons. The van der Waals surface area contributed by atoms with Crippen molar-refractivity contribution in [3.8, 4) is 11.5 Å². The Morgan fingerprint density at radius 2 is 2.19 bits per heavy atom. The number of aromatic nitrogens is 2.